The summed E-state index contributed by atoms with van der Waals surface area (Å²) >= 11 is 0. The van der Waals surface area contributed by atoms with Crippen LogP contribution < -0.4 is 5.73 Å². The second-order valence-electron chi connectivity index (χ2n) is 8.96. The van der Waals surface area contributed by atoms with Gasteiger partial charge in [0.25, 0.3) is 0 Å². The summed E-state index contributed by atoms with van der Waals surface area (Å²) in [6.45, 7) is 7.77. The van der Waals surface area contributed by atoms with Gasteiger partial charge in [-0.1, -0.05) is 27.7 Å². The van der Waals surface area contributed by atoms with Gasteiger partial charge in [-0.15, -0.1) is 0 Å². The molecule has 0 aliphatic carbocycles. The molecule has 0 spiro atoms. The van der Waals surface area contributed by atoms with Gasteiger partial charge in [-0.3, -0.25) is 19.2 Å². The first-order chi connectivity index (χ1) is 17.8. The highest BCUT2D eigenvalue weighted by Gasteiger charge is 2.53. The monoisotopic (exact) mass is 531 g/mol. The van der Waals surface area contributed by atoms with Gasteiger partial charge in [-0.25, -0.2) is 0 Å². The number of carbonyl (C=O) groups is 4. The highest BCUT2D eigenvalue weighted by Crippen LogP contribution is 2.31. The number of rotatable bonds is 18. The third-order valence-corrected chi connectivity index (χ3v) is 5.50. The lowest BCUT2D eigenvalue weighted by Crippen LogP contribution is -2.63. The van der Waals surface area contributed by atoms with Crippen LogP contribution in [-0.2, 0) is 47.6 Å². The Morgan fingerprint density at radius 1 is 0.676 bits per heavy atom. The van der Waals surface area contributed by atoms with E-state index < -0.39 is 54.6 Å². The molecular formula is C26H45NO10. The molecule has 0 radical (unpaired) electrons. The molecule has 11 heteroatoms. The molecule has 1 aliphatic heterocycles. The Morgan fingerprint density at radius 2 is 1.16 bits per heavy atom. The fourth-order valence-electron chi connectivity index (χ4n) is 3.69. The number of nitrogens with two attached hydrogens (primary N) is 1. The maximum atomic E-state index is 12.6. The Bertz CT molecular complexity index is 701. The molecule has 0 amide bonds. The summed E-state index contributed by atoms with van der Waals surface area (Å²) in [5.74, 6) is -2.07. The molecule has 0 saturated carbocycles. The van der Waals surface area contributed by atoms with E-state index in [4.69, 9.17) is 34.2 Å². The van der Waals surface area contributed by atoms with Crippen LogP contribution >= 0.6 is 0 Å². The van der Waals surface area contributed by atoms with E-state index in [1.165, 1.54) is 0 Å². The number of hydrogen-bond acceptors (Lipinski definition) is 11. The lowest BCUT2D eigenvalue weighted by Gasteiger charge is -2.44. The Hall–Kier alpha value is -2.24. The second kappa shape index (κ2) is 18.9. The summed E-state index contributed by atoms with van der Waals surface area (Å²) in [6.07, 6.45) is -1.66. The zero-order valence-corrected chi connectivity index (χ0v) is 22.7. The fraction of sp³-hybridized carbons (Fsp3) is 0.846. The van der Waals surface area contributed by atoms with Gasteiger partial charge in [0.1, 0.15) is 12.7 Å². The van der Waals surface area contributed by atoms with Gasteiger partial charge in [0.2, 0.25) is 0 Å². The quantitative estimate of drug-likeness (QED) is 0.158. The molecule has 1 heterocycles. The van der Waals surface area contributed by atoms with Crippen molar-refractivity contribution in [2.45, 2.75) is 123 Å². The molecule has 214 valence electrons. The van der Waals surface area contributed by atoms with E-state index >= 15 is 0 Å². The Labute approximate surface area is 220 Å². The van der Waals surface area contributed by atoms with E-state index in [-0.39, 0.29) is 38.9 Å². The highest BCUT2D eigenvalue weighted by atomic mass is 16.7. The van der Waals surface area contributed by atoms with Gasteiger partial charge in [-0.05, 0) is 45.1 Å². The number of esters is 4. The molecule has 1 rings (SSSR count). The zero-order chi connectivity index (χ0) is 27.6. The van der Waals surface area contributed by atoms with Crippen molar-refractivity contribution >= 4 is 23.9 Å². The average molecular weight is 532 g/mol. The first-order valence-electron chi connectivity index (χ1n) is 13.5. The molecule has 5 atom stereocenters. The van der Waals surface area contributed by atoms with Crippen molar-refractivity contribution in [3.63, 3.8) is 0 Å². The number of carbonyl (C=O) groups excluding carboxylic acids is 4. The summed E-state index contributed by atoms with van der Waals surface area (Å²) in [7, 11) is 0. The van der Waals surface area contributed by atoms with E-state index in [2.05, 4.69) is 0 Å². The largest absolute Gasteiger partial charge is 0.463 e. The van der Waals surface area contributed by atoms with E-state index in [1.807, 2.05) is 27.7 Å². The van der Waals surface area contributed by atoms with Gasteiger partial charge >= 0.3 is 23.9 Å². The van der Waals surface area contributed by atoms with Crippen LogP contribution in [0.25, 0.3) is 0 Å². The van der Waals surface area contributed by atoms with Crippen molar-refractivity contribution in [2.75, 3.05) is 19.8 Å². The summed E-state index contributed by atoms with van der Waals surface area (Å²) in [4.78, 5) is 49.7. The maximum Gasteiger partial charge on any atom is 0.306 e. The van der Waals surface area contributed by atoms with Gasteiger partial charge in [0, 0.05) is 32.3 Å². The first-order valence-corrected chi connectivity index (χ1v) is 13.5. The molecule has 0 aromatic rings. The third-order valence-electron chi connectivity index (χ3n) is 5.50. The minimum absolute atomic E-state index is 0.112. The van der Waals surface area contributed by atoms with E-state index in [9.17, 15) is 19.2 Å². The van der Waals surface area contributed by atoms with Crippen LogP contribution in [0.5, 0.6) is 0 Å². The number of ether oxygens (including phenoxy) is 6. The van der Waals surface area contributed by atoms with Gasteiger partial charge in [0.05, 0.1) is 0 Å². The van der Waals surface area contributed by atoms with Gasteiger partial charge in [-0.2, -0.15) is 0 Å². The predicted molar refractivity (Wildman–Crippen MR) is 133 cm³/mol. The van der Waals surface area contributed by atoms with Crippen molar-refractivity contribution in [1.29, 1.82) is 0 Å². The molecule has 37 heavy (non-hydrogen) atoms. The molecule has 11 nitrogen and oxygen atoms in total. The Balaban J connectivity index is 3.37. The molecular weight excluding hydrogens is 486 g/mol. The van der Waals surface area contributed by atoms with Crippen LogP contribution in [0.2, 0.25) is 0 Å². The van der Waals surface area contributed by atoms with Crippen LogP contribution in [0.1, 0.15) is 91.9 Å². The summed E-state index contributed by atoms with van der Waals surface area (Å²) in [5, 5.41) is 0. The molecule has 1 fully saturated rings. The molecule has 0 bridgehead atoms. The zero-order valence-electron chi connectivity index (χ0n) is 22.7. The van der Waals surface area contributed by atoms with Crippen molar-refractivity contribution in [2.24, 2.45) is 5.73 Å². The van der Waals surface area contributed by atoms with Gasteiger partial charge < -0.3 is 34.2 Å². The van der Waals surface area contributed by atoms with Crippen LogP contribution in [0.15, 0.2) is 0 Å². The summed E-state index contributed by atoms with van der Waals surface area (Å²) in [6, 6.07) is 0. The lowest BCUT2D eigenvalue weighted by atomic mass is 9.97. The second-order valence-corrected chi connectivity index (χ2v) is 8.96. The number of unbranched alkanes of at least 4 members (excludes halogenated alkanes) is 1. The van der Waals surface area contributed by atoms with Gasteiger partial charge in [0.15, 0.2) is 24.6 Å². The van der Waals surface area contributed by atoms with Crippen LogP contribution in [0.4, 0.5) is 0 Å². The van der Waals surface area contributed by atoms with E-state index in [1.54, 1.807) is 0 Å². The molecule has 1 aliphatic rings. The van der Waals surface area contributed by atoms with Crippen molar-refractivity contribution < 1.29 is 47.6 Å². The molecule has 1 unspecified atom stereocenters. The molecule has 0 aromatic carbocycles. The van der Waals surface area contributed by atoms with Crippen LogP contribution in [0.3, 0.4) is 0 Å². The van der Waals surface area contributed by atoms with Crippen molar-refractivity contribution in [3.05, 3.63) is 0 Å². The normalized spacial score (nSPS) is 23.2. The Kier molecular flexibility index (Phi) is 16.8. The lowest BCUT2D eigenvalue weighted by molar-refractivity contribution is -0.309. The molecule has 2 N–H and O–H groups in total. The van der Waals surface area contributed by atoms with E-state index in [0.717, 1.165) is 0 Å². The average Bonchev–Trinajstić information content (AvgIpc) is 2.84. The molecule has 0 aromatic heterocycles. The SMILES string of the molecule is CCCC(=O)OC[C@H]1OC(OCCCCN)[C@H](OC(=O)CCC)[C@@H](OC(=O)CCC)[C@@H]1OC(=O)CCC. The maximum absolute atomic E-state index is 12.6. The standard InChI is InChI=1S/C26H45NO10/c1-5-11-19(28)33-17-18-23(35-20(29)12-6-2)24(36-21(30)13-7-3)25(37-22(31)14-8-4)26(34-18)32-16-10-9-15-27/h18,23-26H,5-17,27H2,1-4H3/t18-,23-,24+,25-,26?/m1/s1. The predicted octanol–water partition coefficient (Wildman–Crippen LogP) is 2.95. The number of hydrogen-bond donors (Lipinski definition) is 1. The summed E-state index contributed by atoms with van der Waals surface area (Å²) < 4.78 is 34.5. The fourth-order valence-corrected chi connectivity index (χ4v) is 3.69. The smallest absolute Gasteiger partial charge is 0.306 e. The highest BCUT2D eigenvalue weighted by molar-refractivity contribution is 5.72. The van der Waals surface area contributed by atoms with Crippen molar-refractivity contribution in [1.82, 2.24) is 0 Å². The topological polar surface area (TPSA) is 150 Å². The van der Waals surface area contributed by atoms with E-state index in [0.29, 0.717) is 45.1 Å². The van der Waals surface area contributed by atoms with Crippen LogP contribution in [0, 0.1) is 0 Å². The minimum atomic E-state index is -1.22. The third kappa shape index (κ3) is 12.2. The molecule has 1 saturated heterocycles. The Morgan fingerprint density at radius 3 is 1.68 bits per heavy atom. The first kappa shape index (κ1) is 32.8. The summed E-state index contributed by atoms with van der Waals surface area (Å²) in [5.41, 5.74) is 5.57. The minimum Gasteiger partial charge on any atom is -0.463 e. The van der Waals surface area contributed by atoms with Crippen molar-refractivity contribution in [3.8, 4) is 0 Å². The van der Waals surface area contributed by atoms with Crippen LogP contribution in [-0.4, -0.2) is 74.3 Å².